The summed E-state index contributed by atoms with van der Waals surface area (Å²) in [6.07, 6.45) is 5.43. The number of methoxy groups -OCH3 is 2. The Kier molecular flexibility index (Phi) is 8.48. The van der Waals surface area contributed by atoms with Gasteiger partial charge in [0.25, 0.3) is 0 Å². The van der Waals surface area contributed by atoms with Gasteiger partial charge in [-0.2, -0.15) is 0 Å². The number of benzene rings is 3. The first-order valence-corrected chi connectivity index (χ1v) is 13.9. The van der Waals surface area contributed by atoms with Gasteiger partial charge in [-0.15, -0.1) is 0 Å². The molecule has 1 heterocycles. The molecule has 0 saturated carbocycles. The normalized spacial score (nSPS) is 21.3. The fraction of sp³-hybridized carbons (Fsp3) is 0.455. The molecule has 0 bridgehead atoms. The van der Waals surface area contributed by atoms with Gasteiger partial charge >= 0.3 is 0 Å². The minimum atomic E-state index is -0.134. The van der Waals surface area contributed by atoms with Crippen LogP contribution in [0.3, 0.4) is 0 Å². The van der Waals surface area contributed by atoms with Crippen LogP contribution in [-0.2, 0) is 15.9 Å². The molecular weight excluding hydrogens is 458 g/mol. The van der Waals surface area contributed by atoms with Crippen LogP contribution in [0, 0.1) is 5.92 Å². The molecule has 4 heteroatoms. The van der Waals surface area contributed by atoms with Crippen LogP contribution in [0.4, 0.5) is 5.69 Å². The molecule has 1 saturated heterocycles. The number of nitrogens with zero attached hydrogens (tertiary/aromatic N) is 1. The number of fused-ring (bicyclic) bond motifs is 1. The monoisotopic (exact) mass is 499 g/mol. The van der Waals surface area contributed by atoms with Crippen LogP contribution < -0.4 is 9.64 Å². The zero-order valence-corrected chi connectivity index (χ0v) is 22.6. The molecule has 5 rings (SSSR count). The number of ether oxygens (including phenoxy) is 3. The maximum absolute atomic E-state index is 6.06. The van der Waals surface area contributed by atoms with Crippen LogP contribution in [0.1, 0.15) is 66.7 Å². The van der Waals surface area contributed by atoms with E-state index in [1.807, 2.05) is 0 Å². The van der Waals surface area contributed by atoms with Gasteiger partial charge in [0, 0.05) is 44.8 Å². The van der Waals surface area contributed by atoms with Crippen molar-refractivity contribution in [3.05, 3.63) is 95.1 Å². The number of anilines is 1. The summed E-state index contributed by atoms with van der Waals surface area (Å²) < 4.78 is 17.1. The third-order valence-electron chi connectivity index (χ3n) is 8.26. The van der Waals surface area contributed by atoms with Crippen LogP contribution in [0.2, 0.25) is 0 Å². The second-order valence-electron chi connectivity index (χ2n) is 10.5. The molecule has 3 aromatic carbocycles. The fourth-order valence-electron chi connectivity index (χ4n) is 6.31. The van der Waals surface area contributed by atoms with Crippen molar-refractivity contribution < 1.29 is 14.2 Å². The molecule has 0 amide bonds. The standard InChI is InChI=1S/C33H41NO3/c1-4-5-21-37-29-16-18-31-26(22-29)13-17-30(24-9-7-6-8-10-24)32(31)25-11-14-28(15-12-25)34-20-19-27(23-34)33(35-2)36-3/h6-12,14-16,18,22,27,30,32-33H,4-5,13,17,19-21,23H2,1-3H3/t27?,30-,32+/m1/s1. The molecule has 4 nitrogen and oxygen atoms in total. The van der Waals surface area contributed by atoms with E-state index in [1.54, 1.807) is 14.2 Å². The van der Waals surface area contributed by atoms with E-state index in [-0.39, 0.29) is 6.29 Å². The molecule has 0 spiro atoms. The van der Waals surface area contributed by atoms with E-state index >= 15 is 0 Å². The summed E-state index contributed by atoms with van der Waals surface area (Å²) >= 11 is 0. The molecule has 1 aliphatic heterocycles. The summed E-state index contributed by atoms with van der Waals surface area (Å²) in [5, 5.41) is 0. The first-order chi connectivity index (χ1) is 18.2. The third-order valence-corrected chi connectivity index (χ3v) is 8.26. The van der Waals surface area contributed by atoms with Gasteiger partial charge in [0.2, 0.25) is 0 Å². The number of hydrogen-bond donors (Lipinski definition) is 0. The van der Waals surface area contributed by atoms with Crippen molar-refractivity contribution in [2.75, 3.05) is 38.8 Å². The van der Waals surface area contributed by atoms with Gasteiger partial charge in [-0.1, -0.05) is 61.9 Å². The molecule has 196 valence electrons. The van der Waals surface area contributed by atoms with Gasteiger partial charge in [0.1, 0.15) is 5.75 Å². The lowest BCUT2D eigenvalue weighted by molar-refractivity contribution is -0.132. The Hall–Kier alpha value is -2.82. The topological polar surface area (TPSA) is 30.9 Å². The van der Waals surface area contributed by atoms with E-state index in [0.29, 0.717) is 17.8 Å². The Morgan fingerprint density at radius 3 is 2.41 bits per heavy atom. The second kappa shape index (κ2) is 12.1. The van der Waals surface area contributed by atoms with Gasteiger partial charge < -0.3 is 19.1 Å². The number of rotatable bonds is 10. The maximum atomic E-state index is 6.06. The van der Waals surface area contributed by atoms with Gasteiger partial charge in [0.15, 0.2) is 6.29 Å². The molecule has 0 aromatic heterocycles. The van der Waals surface area contributed by atoms with Crippen LogP contribution in [0.5, 0.6) is 5.75 Å². The smallest absolute Gasteiger partial charge is 0.161 e. The number of unbranched alkanes of at least 4 members (excludes halogenated alkanes) is 1. The van der Waals surface area contributed by atoms with Crippen molar-refractivity contribution in [1.29, 1.82) is 0 Å². The number of aryl methyl sites for hydroxylation is 1. The lowest BCUT2D eigenvalue weighted by Gasteiger charge is -2.35. The minimum absolute atomic E-state index is 0.134. The lowest BCUT2D eigenvalue weighted by Crippen LogP contribution is -2.28. The van der Waals surface area contributed by atoms with E-state index < -0.39 is 0 Å². The summed E-state index contributed by atoms with van der Waals surface area (Å²) in [4.78, 5) is 2.46. The van der Waals surface area contributed by atoms with Gasteiger partial charge in [-0.3, -0.25) is 0 Å². The summed E-state index contributed by atoms with van der Waals surface area (Å²) in [7, 11) is 3.47. The molecule has 3 atom stereocenters. The van der Waals surface area contributed by atoms with Gasteiger partial charge in [-0.25, -0.2) is 0 Å². The quantitative estimate of drug-likeness (QED) is 0.218. The maximum Gasteiger partial charge on any atom is 0.161 e. The summed E-state index contributed by atoms with van der Waals surface area (Å²) in [5.74, 6) is 2.21. The predicted octanol–water partition coefficient (Wildman–Crippen LogP) is 7.17. The van der Waals surface area contributed by atoms with E-state index in [2.05, 4.69) is 84.6 Å². The van der Waals surface area contributed by atoms with E-state index in [4.69, 9.17) is 14.2 Å². The Balaban J connectivity index is 1.41. The van der Waals surface area contributed by atoms with Gasteiger partial charge in [-0.05, 0) is 78.1 Å². The molecule has 1 unspecified atom stereocenters. The Bertz CT molecular complexity index is 1130. The summed E-state index contributed by atoms with van der Waals surface area (Å²) in [5.41, 5.74) is 6.98. The summed E-state index contributed by atoms with van der Waals surface area (Å²) in [6.45, 7) is 4.99. The average molecular weight is 500 g/mol. The highest BCUT2D eigenvalue weighted by molar-refractivity contribution is 5.53. The SMILES string of the molecule is CCCCOc1ccc2c(c1)CC[C@H](c1ccccc1)[C@@H]2c1ccc(N2CCC(C(OC)OC)C2)cc1. The average Bonchev–Trinajstić information content (AvgIpc) is 3.44. The second-order valence-corrected chi connectivity index (χ2v) is 10.5. The van der Waals surface area contributed by atoms with Crippen molar-refractivity contribution in [3.63, 3.8) is 0 Å². The molecule has 1 fully saturated rings. The third kappa shape index (κ3) is 5.71. The van der Waals surface area contributed by atoms with Crippen molar-refractivity contribution in [1.82, 2.24) is 0 Å². The molecule has 37 heavy (non-hydrogen) atoms. The molecule has 1 aliphatic carbocycles. The van der Waals surface area contributed by atoms with E-state index in [1.165, 1.54) is 27.9 Å². The predicted molar refractivity (Wildman–Crippen MR) is 151 cm³/mol. The highest BCUT2D eigenvalue weighted by Gasteiger charge is 2.33. The molecule has 2 aliphatic rings. The number of hydrogen-bond acceptors (Lipinski definition) is 4. The first-order valence-electron chi connectivity index (χ1n) is 13.9. The molecule has 0 N–H and O–H groups in total. The highest BCUT2D eigenvalue weighted by Crippen LogP contribution is 2.47. The zero-order valence-electron chi connectivity index (χ0n) is 22.6. The first kappa shape index (κ1) is 25.8. The van der Waals surface area contributed by atoms with Crippen molar-refractivity contribution >= 4 is 5.69 Å². The van der Waals surface area contributed by atoms with Crippen LogP contribution >= 0.6 is 0 Å². The zero-order chi connectivity index (χ0) is 25.6. The molecule has 3 aromatic rings. The van der Waals surface area contributed by atoms with Crippen LogP contribution in [0.15, 0.2) is 72.8 Å². The van der Waals surface area contributed by atoms with Crippen molar-refractivity contribution in [2.45, 2.75) is 57.2 Å². The molecule has 0 radical (unpaired) electrons. The van der Waals surface area contributed by atoms with Crippen molar-refractivity contribution in [3.8, 4) is 5.75 Å². The Morgan fingerprint density at radius 1 is 0.892 bits per heavy atom. The Morgan fingerprint density at radius 2 is 1.68 bits per heavy atom. The van der Waals surface area contributed by atoms with Crippen LogP contribution in [0.25, 0.3) is 0 Å². The largest absolute Gasteiger partial charge is 0.494 e. The Labute approximate surface area is 222 Å². The van der Waals surface area contributed by atoms with E-state index in [9.17, 15) is 0 Å². The van der Waals surface area contributed by atoms with E-state index in [0.717, 1.165) is 57.6 Å². The minimum Gasteiger partial charge on any atom is -0.494 e. The van der Waals surface area contributed by atoms with Gasteiger partial charge in [0.05, 0.1) is 6.61 Å². The summed E-state index contributed by atoms with van der Waals surface area (Å²) in [6, 6.07) is 27.2. The van der Waals surface area contributed by atoms with Crippen molar-refractivity contribution in [2.24, 2.45) is 5.92 Å². The lowest BCUT2D eigenvalue weighted by atomic mass is 9.69. The van der Waals surface area contributed by atoms with Crippen LogP contribution in [-0.4, -0.2) is 40.2 Å². The molecular formula is C33H41NO3. The highest BCUT2D eigenvalue weighted by atomic mass is 16.7. The fourth-order valence-corrected chi connectivity index (χ4v) is 6.31.